The van der Waals surface area contributed by atoms with Crippen molar-refractivity contribution in [3.05, 3.63) is 54.1 Å². The first kappa shape index (κ1) is 29.9. The smallest absolute Gasteiger partial charge is 0.328 e. The summed E-state index contributed by atoms with van der Waals surface area (Å²) in [6.07, 6.45) is -1.15. The van der Waals surface area contributed by atoms with Crippen LogP contribution in [-0.4, -0.2) is 66.6 Å². The standard InChI is InChI=1S/C26H35N5O7/c1-17(38-19-8-5-4-6-9-19)23(32)15-24(33)31(22(25(34)35)10-7-11-29-26(27)28)30-16-18-12-20(36-2)14-21(13-18)37-3/h4-6,8-9,12-14,17,22,30H,7,10-11,15-16H2,1-3H3,(H,34,35)(H4,27,28,29)/t17?,22-/m0/s1. The molecule has 2 aromatic rings. The molecule has 2 rings (SSSR count). The fourth-order valence-corrected chi connectivity index (χ4v) is 3.55. The fraction of sp³-hybridized carbons (Fsp3) is 0.385. The van der Waals surface area contributed by atoms with Crippen LogP contribution in [-0.2, 0) is 20.9 Å². The van der Waals surface area contributed by atoms with Crippen molar-refractivity contribution in [2.45, 2.75) is 44.9 Å². The number of amides is 1. The quantitative estimate of drug-likeness (QED) is 0.0707. The van der Waals surface area contributed by atoms with Gasteiger partial charge < -0.3 is 30.4 Å². The van der Waals surface area contributed by atoms with E-state index in [0.29, 0.717) is 29.2 Å². The Bertz CT molecular complexity index is 1070. The van der Waals surface area contributed by atoms with Crippen molar-refractivity contribution in [1.29, 1.82) is 5.41 Å². The maximum Gasteiger partial charge on any atom is 0.328 e. The van der Waals surface area contributed by atoms with E-state index in [0.717, 1.165) is 5.01 Å². The number of Topliss-reactive ketones (excluding diaryl/α,β-unsaturated/α-hetero) is 1. The number of hydrazine groups is 1. The molecule has 206 valence electrons. The third kappa shape index (κ3) is 9.62. The first-order chi connectivity index (χ1) is 18.1. The van der Waals surface area contributed by atoms with Crippen LogP contribution in [0.1, 0.15) is 31.7 Å². The van der Waals surface area contributed by atoms with Crippen LogP contribution in [0.25, 0.3) is 0 Å². The number of methoxy groups -OCH3 is 2. The number of carboxylic acid groups (broad SMARTS) is 1. The number of ketones is 1. The molecule has 1 amide bonds. The molecule has 12 nitrogen and oxygen atoms in total. The van der Waals surface area contributed by atoms with Gasteiger partial charge in [0.05, 0.1) is 20.6 Å². The van der Waals surface area contributed by atoms with E-state index in [-0.39, 0.29) is 25.5 Å². The molecule has 0 aliphatic heterocycles. The van der Waals surface area contributed by atoms with Crippen LogP contribution in [0, 0.1) is 5.41 Å². The molecule has 0 aliphatic carbocycles. The summed E-state index contributed by atoms with van der Waals surface area (Å²) in [6, 6.07) is 12.5. The number of benzene rings is 2. The Morgan fingerprint density at radius 1 is 1.05 bits per heavy atom. The normalized spacial score (nSPS) is 12.1. The molecule has 0 aliphatic rings. The van der Waals surface area contributed by atoms with Gasteiger partial charge in [0.15, 0.2) is 17.8 Å². The Balaban J connectivity index is 2.20. The van der Waals surface area contributed by atoms with Crippen molar-refractivity contribution in [2.75, 3.05) is 20.8 Å². The van der Waals surface area contributed by atoms with E-state index in [9.17, 15) is 19.5 Å². The fourth-order valence-electron chi connectivity index (χ4n) is 3.55. The average Bonchev–Trinajstić information content (AvgIpc) is 2.89. The Morgan fingerprint density at radius 3 is 2.24 bits per heavy atom. The summed E-state index contributed by atoms with van der Waals surface area (Å²) in [5.74, 6) is -1.20. The Kier molecular flexibility index (Phi) is 11.8. The second kappa shape index (κ2) is 15.1. The second-order valence-electron chi connectivity index (χ2n) is 8.37. The van der Waals surface area contributed by atoms with Gasteiger partial charge in [-0.25, -0.2) is 10.2 Å². The number of nitrogens with one attached hydrogen (secondary N) is 3. The minimum Gasteiger partial charge on any atom is -0.497 e. The molecule has 0 saturated carbocycles. The van der Waals surface area contributed by atoms with E-state index in [1.807, 2.05) is 6.07 Å². The number of para-hydroxylation sites is 1. The van der Waals surface area contributed by atoms with Gasteiger partial charge in [0.1, 0.15) is 23.3 Å². The predicted octanol–water partition coefficient (Wildman–Crippen LogP) is 1.68. The van der Waals surface area contributed by atoms with E-state index in [4.69, 9.17) is 25.4 Å². The first-order valence-electron chi connectivity index (χ1n) is 12.0. The van der Waals surface area contributed by atoms with Crippen LogP contribution in [0.5, 0.6) is 17.2 Å². The van der Waals surface area contributed by atoms with Crippen molar-refractivity contribution in [1.82, 2.24) is 15.8 Å². The minimum atomic E-state index is -1.29. The number of carboxylic acids is 1. The van der Waals surface area contributed by atoms with Gasteiger partial charge in [-0.15, -0.1) is 0 Å². The monoisotopic (exact) mass is 529 g/mol. The highest BCUT2D eigenvalue weighted by Gasteiger charge is 2.32. The molecule has 0 saturated heterocycles. The van der Waals surface area contributed by atoms with Crippen LogP contribution < -0.4 is 30.7 Å². The van der Waals surface area contributed by atoms with Crippen LogP contribution in [0.2, 0.25) is 0 Å². The number of carbonyl (C=O) groups excluding carboxylic acids is 2. The molecule has 0 radical (unpaired) electrons. The largest absolute Gasteiger partial charge is 0.497 e. The molecule has 6 N–H and O–H groups in total. The molecular weight excluding hydrogens is 494 g/mol. The summed E-state index contributed by atoms with van der Waals surface area (Å²) in [6.45, 7) is 1.83. The molecule has 0 heterocycles. The summed E-state index contributed by atoms with van der Waals surface area (Å²) in [5.41, 5.74) is 8.82. The molecule has 0 bridgehead atoms. The number of aliphatic carboxylic acids is 1. The molecule has 38 heavy (non-hydrogen) atoms. The number of hydrogen-bond acceptors (Lipinski definition) is 8. The van der Waals surface area contributed by atoms with Gasteiger partial charge in [-0.1, -0.05) is 18.2 Å². The Labute approximate surface area is 221 Å². The molecular formula is C26H35N5O7. The minimum absolute atomic E-state index is 0.0417. The number of nitrogens with two attached hydrogens (primary N) is 1. The van der Waals surface area contributed by atoms with Crippen LogP contribution in [0.15, 0.2) is 48.5 Å². The lowest BCUT2D eigenvalue weighted by Crippen LogP contribution is -2.53. The van der Waals surface area contributed by atoms with Gasteiger partial charge in [0.25, 0.3) is 0 Å². The van der Waals surface area contributed by atoms with Crippen LogP contribution >= 0.6 is 0 Å². The third-order valence-corrected chi connectivity index (χ3v) is 5.53. The zero-order chi connectivity index (χ0) is 28.1. The van der Waals surface area contributed by atoms with Crippen molar-refractivity contribution >= 4 is 23.6 Å². The van der Waals surface area contributed by atoms with Crippen molar-refractivity contribution in [3.63, 3.8) is 0 Å². The van der Waals surface area contributed by atoms with Gasteiger partial charge >= 0.3 is 5.97 Å². The number of rotatable bonds is 16. The van der Waals surface area contributed by atoms with Gasteiger partial charge in [-0.2, -0.15) is 0 Å². The highest BCUT2D eigenvalue weighted by molar-refractivity contribution is 6.01. The third-order valence-electron chi connectivity index (χ3n) is 5.53. The Morgan fingerprint density at radius 2 is 1.68 bits per heavy atom. The van der Waals surface area contributed by atoms with E-state index >= 15 is 0 Å². The molecule has 1 unspecified atom stereocenters. The lowest BCUT2D eigenvalue weighted by atomic mass is 10.1. The van der Waals surface area contributed by atoms with Gasteiger partial charge in [-0.05, 0) is 49.6 Å². The number of guanidine groups is 1. The summed E-state index contributed by atoms with van der Waals surface area (Å²) in [7, 11) is 3.00. The van der Waals surface area contributed by atoms with Gasteiger partial charge in [0, 0.05) is 19.2 Å². The second-order valence-corrected chi connectivity index (χ2v) is 8.37. The van der Waals surface area contributed by atoms with Gasteiger partial charge in [-0.3, -0.25) is 20.0 Å². The average molecular weight is 530 g/mol. The maximum atomic E-state index is 13.3. The number of nitrogens with zero attached hydrogens (tertiary/aromatic N) is 1. The number of ether oxygens (including phenoxy) is 3. The lowest BCUT2D eigenvalue weighted by Gasteiger charge is -2.30. The number of hydrogen-bond donors (Lipinski definition) is 5. The summed E-state index contributed by atoms with van der Waals surface area (Å²) in [5, 5.41) is 20.8. The van der Waals surface area contributed by atoms with Crippen molar-refractivity contribution in [2.24, 2.45) is 5.73 Å². The molecule has 0 aromatic heterocycles. The maximum absolute atomic E-state index is 13.3. The van der Waals surface area contributed by atoms with E-state index < -0.39 is 36.2 Å². The topological polar surface area (TPSA) is 176 Å². The summed E-state index contributed by atoms with van der Waals surface area (Å²) >= 11 is 0. The van der Waals surface area contributed by atoms with E-state index in [1.54, 1.807) is 42.5 Å². The van der Waals surface area contributed by atoms with Crippen molar-refractivity contribution in [3.8, 4) is 17.2 Å². The first-order valence-corrected chi connectivity index (χ1v) is 12.0. The molecule has 2 atom stereocenters. The summed E-state index contributed by atoms with van der Waals surface area (Å²) in [4.78, 5) is 38.2. The number of carbonyl (C=O) groups is 3. The van der Waals surface area contributed by atoms with Gasteiger partial charge in [0.2, 0.25) is 5.91 Å². The molecule has 0 spiro atoms. The molecule has 12 heteroatoms. The highest BCUT2D eigenvalue weighted by atomic mass is 16.5. The zero-order valence-corrected chi connectivity index (χ0v) is 21.7. The predicted molar refractivity (Wildman–Crippen MR) is 140 cm³/mol. The summed E-state index contributed by atoms with van der Waals surface area (Å²) < 4.78 is 16.2. The lowest BCUT2D eigenvalue weighted by molar-refractivity contribution is -0.155. The van der Waals surface area contributed by atoms with Crippen molar-refractivity contribution < 1.29 is 33.7 Å². The zero-order valence-electron chi connectivity index (χ0n) is 21.7. The van der Waals surface area contributed by atoms with E-state index in [2.05, 4.69) is 10.7 Å². The van der Waals surface area contributed by atoms with E-state index in [1.165, 1.54) is 21.1 Å². The molecule has 0 fully saturated rings. The highest BCUT2D eigenvalue weighted by Crippen LogP contribution is 2.23. The van der Waals surface area contributed by atoms with Crippen LogP contribution in [0.3, 0.4) is 0 Å². The van der Waals surface area contributed by atoms with Crippen LogP contribution in [0.4, 0.5) is 0 Å². The SMILES string of the molecule is COc1cc(CNN(C(=O)CC(=O)C(C)Oc2ccccc2)[C@@H](CCCNC(=N)N)C(=O)O)cc(OC)c1. The Hall–Kier alpha value is -4.32. The molecule has 2 aromatic carbocycles.